The summed E-state index contributed by atoms with van der Waals surface area (Å²) in [6.45, 7) is 2.30. The number of aromatic nitrogens is 1. The Hall–Kier alpha value is -1.91. The van der Waals surface area contributed by atoms with E-state index in [0.29, 0.717) is 22.4 Å². The lowest BCUT2D eigenvalue weighted by molar-refractivity contribution is 0.102. The molecule has 7 nitrogen and oxygen atoms in total. The van der Waals surface area contributed by atoms with Gasteiger partial charge in [0.2, 0.25) is 0 Å². The van der Waals surface area contributed by atoms with Gasteiger partial charge in [0.25, 0.3) is 15.9 Å². The number of aryl methyl sites for hydroxylation is 1. The average molecular weight is 380 g/mol. The summed E-state index contributed by atoms with van der Waals surface area (Å²) in [5.74, 6) is -0.241. The number of carbonyl (C=O) groups excluding carboxylic acids is 1. The quantitative estimate of drug-likeness (QED) is 0.860. The van der Waals surface area contributed by atoms with Crippen LogP contribution in [-0.2, 0) is 10.0 Å². The molecule has 1 amide bonds. The standard InChI is InChI=1S/C14H12N4O3S3/c1-8-7-15-13(22-8)16-12(19)9-2-3-10-11(6-9)23-14-17-24(20,21)5-4-18(10)14/h2-3,6-7H,4-5H2,1H3,(H,15,16,19). The SMILES string of the molecule is Cc1cnc(NC(=O)c2ccc3c(c2)SC2=NS(=O)(=O)CCN23)s1. The topological polar surface area (TPSA) is 91.7 Å². The number of fused-ring (bicyclic) bond motifs is 3. The Balaban J connectivity index is 1.61. The van der Waals surface area contributed by atoms with Gasteiger partial charge in [-0.1, -0.05) is 0 Å². The Morgan fingerprint density at radius 3 is 2.96 bits per heavy atom. The summed E-state index contributed by atoms with van der Waals surface area (Å²) in [4.78, 5) is 20.2. The average Bonchev–Trinajstić information content (AvgIpc) is 3.07. The summed E-state index contributed by atoms with van der Waals surface area (Å²) in [6, 6.07) is 5.30. The van der Waals surface area contributed by atoms with Crippen LogP contribution in [0.2, 0.25) is 0 Å². The fourth-order valence-corrected chi connectivity index (χ4v) is 5.41. The zero-order chi connectivity index (χ0) is 16.9. The van der Waals surface area contributed by atoms with E-state index in [9.17, 15) is 13.2 Å². The summed E-state index contributed by atoms with van der Waals surface area (Å²) in [6.07, 6.45) is 1.70. The van der Waals surface area contributed by atoms with E-state index >= 15 is 0 Å². The van der Waals surface area contributed by atoms with Gasteiger partial charge in [0.1, 0.15) is 0 Å². The largest absolute Gasteiger partial charge is 0.318 e. The third-order valence-corrected chi connectivity index (χ3v) is 6.71. The van der Waals surface area contributed by atoms with Gasteiger partial charge >= 0.3 is 0 Å². The fourth-order valence-electron chi connectivity index (χ4n) is 2.45. The number of nitrogens with zero attached hydrogens (tertiary/aromatic N) is 3. The minimum absolute atomic E-state index is 0.00212. The van der Waals surface area contributed by atoms with Gasteiger partial charge < -0.3 is 4.90 Å². The number of hydrogen-bond acceptors (Lipinski definition) is 7. The molecule has 0 saturated heterocycles. The normalized spacial score (nSPS) is 17.9. The van der Waals surface area contributed by atoms with E-state index in [4.69, 9.17) is 0 Å². The highest BCUT2D eigenvalue weighted by Crippen LogP contribution is 2.42. The molecule has 0 fully saturated rings. The van der Waals surface area contributed by atoms with Gasteiger partial charge in [-0.15, -0.1) is 15.7 Å². The van der Waals surface area contributed by atoms with Gasteiger partial charge in [-0.2, -0.15) is 0 Å². The van der Waals surface area contributed by atoms with Crippen molar-refractivity contribution in [3.05, 3.63) is 34.8 Å². The molecule has 0 saturated carbocycles. The van der Waals surface area contributed by atoms with Crippen molar-refractivity contribution in [1.29, 1.82) is 0 Å². The zero-order valence-corrected chi connectivity index (χ0v) is 15.0. The molecule has 1 N–H and O–H groups in total. The molecule has 0 bridgehead atoms. The Labute approximate surface area is 146 Å². The third-order valence-electron chi connectivity index (χ3n) is 3.58. The van der Waals surface area contributed by atoms with Crippen molar-refractivity contribution in [2.45, 2.75) is 11.8 Å². The molecule has 1 aromatic heterocycles. The predicted molar refractivity (Wildman–Crippen MR) is 95.7 cm³/mol. The van der Waals surface area contributed by atoms with E-state index in [1.165, 1.54) is 23.1 Å². The second-order valence-corrected chi connectivity index (χ2v) is 9.32. The predicted octanol–water partition coefficient (Wildman–Crippen LogP) is 2.32. The molecule has 2 aromatic rings. The summed E-state index contributed by atoms with van der Waals surface area (Å²) in [5, 5.41) is 3.77. The molecule has 124 valence electrons. The molecular formula is C14H12N4O3S3. The van der Waals surface area contributed by atoms with Crippen LogP contribution in [0.25, 0.3) is 0 Å². The first kappa shape index (κ1) is 15.6. The summed E-state index contributed by atoms with van der Waals surface area (Å²) >= 11 is 2.68. The Morgan fingerprint density at radius 1 is 1.38 bits per heavy atom. The van der Waals surface area contributed by atoms with Crippen LogP contribution in [0, 0.1) is 6.92 Å². The van der Waals surface area contributed by atoms with Crippen LogP contribution in [0.1, 0.15) is 15.2 Å². The van der Waals surface area contributed by atoms with Crippen LogP contribution in [0.3, 0.4) is 0 Å². The molecule has 24 heavy (non-hydrogen) atoms. The molecule has 0 radical (unpaired) electrons. The molecule has 2 aliphatic rings. The molecule has 0 spiro atoms. The molecular weight excluding hydrogens is 368 g/mol. The lowest BCUT2D eigenvalue weighted by Crippen LogP contribution is -2.35. The number of rotatable bonds is 2. The molecule has 0 atom stereocenters. The number of amides is 1. The van der Waals surface area contributed by atoms with Crippen molar-refractivity contribution in [3.63, 3.8) is 0 Å². The second-order valence-electron chi connectivity index (χ2n) is 5.33. The Morgan fingerprint density at radius 2 is 2.21 bits per heavy atom. The van der Waals surface area contributed by atoms with Crippen molar-refractivity contribution in [3.8, 4) is 0 Å². The van der Waals surface area contributed by atoms with Crippen molar-refractivity contribution >= 4 is 55.0 Å². The minimum atomic E-state index is -3.38. The van der Waals surface area contributed by atoms with E-state index in [1.807, 2.05) is 17.9 Å². The maximum atomic E-state index is 12.3. The van der Waals surface area contributed by atoms with E-state index < -0.39 is 10.0 Å². The lowest BCUT2D eigenvalue weighted by atomic mass is 10.2. The van der Waals surface area contributed by atoms with E-state index in [0.717, 1.165) is 15.5 Å². The maximum absolute atomic E-state index is 12.3. The van der Waals surface area contributed by atoms with Crippen LogP contribution in [-0.4, -0.2) is 36.8 Å². The van der Waals surface area contributed by atoms with Gasteiger partial charge in [0.15, 0.2) is 10.3 Å². The number of hydrogen-bond donors (Lipinski definition) is 1. The second kappa shape index (κ2) is 5.57. The highest BCUT2D eigenvalue weighted by molar-refractivity contribution is 8.15. The monoisotopic (exact) mass is 380 g/mol. The molecule has 0 aliphatic carbocycles. The molecule has 4 rings (SSSR count). The fraction of sp³-hybridized carbons (Fsp3) is 0.214. The number of carbonyl (C=O) groups is 1. The smallest absolute Gasteiger partial charge is 0.257 e. The van der Waals surface area contributed by atoms with E-state index in [1.54, 1.807) is 18.3 Å². The Bertz CT molecular complexity index is 981. The van der Waals surface area contributed by atoms with E-state index in [-0.39, 0.29) is 11.7 Å². The first-order valence-electron chi connectivity index (χ1n) is 7.07. The number of sulfonamides is 1. The first-order valence-corrected chi connectivity index (χ1v) is 10.3. The number of amidine groups is 1. The van der Waals surface area contributed by atoms with Gasteiger partial charge in [-0.3, -0.25) is 10.1 Å². The van der Waals surface area contributed by atoms with Crippen LogP contribution < -0.4 is 10.2 Å². The molecule has 10 heteroatoms. The molecule has 1 aromatic carbocycles. The zero-order valence-electron chi connectivity index (χ0n) is 12.5. The highest BCUT2D eigenvalue weighted by atomic mass is 32.2. The summed E-state index contributed by atoms with van der Waals surface area (Å²) in [5.41, 5.74) is 1.38. The number of thiazole rings is 1. The molecule has 3 heterocycles. The van der Waals surface area contributed by atoms with Crippen molar-refractivity contribution in [2.24, 2.45) is 4.40 Å². The number of anilines is 2. The van der Waals surface area contributed by atoms with Gasteiger partial charge in [-0.25, -0.2) is 13.4 Å². The number of nitrogens with one attached hydrogen (secondary N) is 1. The highest BCUT2D eigenvalue weighted by Gasteiger charge is 2.33. The lowest BCUT2D eigenvalue weighted by Gasteiger charge is -2.22. The van der Waals surface area contributed by atoms with Gasteiger partial charge in [0.05, 0.1) is 11.4 Å². The number of benzene rings is 1. The molecule has 2 aliphatic heterocycles. The summed E-state index contributed by atoms with van der Waals surface area (Å²) < 4.78 is 27.1. The van der Waals surface area contributed by atoms with Gasteiger partial charge in [-0.05, 0) is 36.9 Å². The maximum Gasteiger partial charge on any atom is 0.257 e. The van der Waals surface area contributed by atoms with Gasteiger partial charge in [0, 0.05) is 28.1 Å². The van der Waals surface area contributed by atoms with E-state index in [2.05, 4.69) is 14.7 Å². The van der Waals surface area contributed by atoms with Crippen LogP contribution in [0.5, 0.6) is 0 Å². The first-order chi connectivity index (χ1) is 11.4. The van der Waals surface area contributed by atoms with Crippen LogP contribution in [0.4, 0.5) is 10.8 Å². The number of thioether (sulfide) groups is 1. The van der Waals surface area contributed by atoms with Crippen molar-refractivity contribution in [2.75, 3.05) is 22.5 Å². The van der Waals surface area contributed by atoms with Crippen molar-refractivity contribution in [1.82, 2.24) is 4.98 Å². The summed E-state index contributed by atoms with van der Waals surface area (Å²) in [7, 11) is -3.38. The van der Waals surface area contributed by atoms with Crippen LogP contribution >= 0.6 is 23.1 Å². The Kier molecular flexibility index (Phi) is 3.62. The van der Waals surface area contributed by atoms with Crippen molar-refractivity contribution < 1.29 is 13.2 Å². The molecule has 0 unspecified atom stereocenters. The van der Waals surface area contributed by atoms with Crippen LogP contribution in [0.15, 0.2) is 33.7 Å². The third kappa shape index (κ3) is 2.80. The minimum Gasteiger partial charge on any atom is -0.318 e.